The highest BCUT2D eigenvalue weighted by molar-refractivity contribution is 7.99. The van der Waals surface area contributed by atoms with Gasteiger partial charge in [0, 0.05) is 22.8 Å². The van der Waals surface area contributed by atoms with Crippen molar-refractivity contribution >= 4 is 27.7 Å². The molecule has 2 aromatic rings. The smallest absolute Gasteiger partial charge is 0.248 e. The molecule has 0 atom stereocenters. The van der Waals surface area contributed by atoms with Crippen LogP contribution >= 0.6 is 11.8 Å². The molecule has 0 bridgehead atoms. The molecule has 0 aromatic heterocycles. The predicted octanol–water partition coefficient (Wildman–Crippen LogP) is 2.16. The number of nitrogens with two attached hydrogens (primary N) is 1. The number of rotatable bonds is 7. The molecule has 0 saturated heterocycles. The predicted molar refractivity (Wildman–Crippen MR) is 92.1 cm³/mol. The van der Waals surface area contributed by atoms with Gasteiger partial charge in [-0.1, -0.05) is 17.7 Å². The van der Waals surface area contributed by atoms with Gasteiger partial charge < -0.3 is 5.73 Å². The van der Waals surface area contributed by atoms with Crippen molar-refractivity contribution in [1.29, 1.82) is 0 Å². The number of nitrogens with one attached hydrogen (secondary N) is 1. The summed E-state index contributed by atoms with van der Waals surface area (Å²) in [5.41, 5.74) is 6.59. The zero-order valence-corrected chi connectivity index (χ0v) is 14.3. The standard InChI is InChI=1S/C16H18N2O3S2/c1-12-2-6-14(7-3-12)22-11-10-18-23(20,21)15-8-4-13(5-9-15)16(17)19/h2-9,18H,10-11H2,1H3,(H2,17,19). The molecule has 0 fully saturated rings. The topological polar surface area (TPSA) is 89.3 Å². The second-order valence-corrected chi connectivity index (χ2v) is 7.88. The van der Waals surface area contributed by atoms with E-state index in [0.29, 0.717) is 12.3 Å². The zero-order valence-electron chi connectivity index (χ0n) is 12.7. The van der Waals surface area contributed by atoms with Crippen LogP contribution in [-0.2, 0) is 10.0 Å². The molecule has 0 aliphatic rings. The van der Waals surface area contributed by atoms with E-state index in [2.05, 4.69) is 4.72 Å². The summed E-state index contributed by atoms with van der Waals surface area (Å²) in [6.45, 7) is 2.34. The van der Waals surface area contributed by atoms with Gasteiger partial charge in [0.2, 0.25) is 15.9 Å². The second kappa shape index (κ2) is 7.63. The van der Waals surface area contributed by atoms with Gasteiger partial charge in [-0.2, -0.15) is 0 Å². The molecule has 2 rings (SSSR count). The fourth-order valence-electron chi connectivity index (χ4n) is 1.86. The zero-order chi connectivity index (χ0) is 16.9. The quantitative estimate of drug-likeness (QED) is 0.591. The van der Waals surface area contributed by atoms with Crippen LogP contribution in [0.2, 0.25) is 0 Å². The van der Waals surface area contributed by atoms with E-state index < -0.39 is 15.9 Å². The molecule has 2 aromatic carbocycles. The lowest BCUT2D eigenvalue weighted by atomic mass is 10.2. The summed E-state index contributed by atoms with van der Waals surface area (Å²) in [6, 6.07) is 13.6. The van der Waals surface area contributed by atoms with Gasteiger partial charge in [0.05, 0.1) is 4.90 Å². The molecular formula is C16H18N2O3S2. The number of primary amides is 1. The van der Waals surface area contributed by atoms with E-state index in [1.807, 2.05) is 31.2 Å². The first kappa shape index (κ1) is 17.5. The number of sulfonamides is 1. The van der Waals surface area contributed by atoms with Crippen LogP contribution in [0.5, 0.6) is 0 Å². The first-order valence-electron chi connectivity index (χ1n) is 6.97. The molecule has 0 unspecified atom stereocenters. The Bertz CT molecular complexity index is 770. The minimum atomic E-state index is -3.58. The minimum absolute atomic E-state index is 0.114. The number of thioether (sulfide) groups is 1. The van der Waals surface area contributed by atoms with E-state index >= 15 is 0 Å². The number of carbonyl (C=O) groups is 1. The average molecular weight is 350 g/mol. The molecule has 3 N–H and O–H groups in total. The highest BCUT2D eigenvalue weighted by atomic mass is 32.2. The van der Waals surface area contributed by atoms with Crippen molar-refractivity contribution in [3.63, 3.8) is 0 Å². The lowest BCUT2D eigenvalue weighted by Gasteiger charge is -2.07. The lowest BCUT2D eigenvalue weighted by molar-refractivity contribution is 0.1000. The van der Waals surface area contributed by atoms with Crippen LogP contribution in [0.1, 0.15) is 15.9 Å². The molecule has 0 aliphatic heterocycles. The van der Waals surface area contributed by atoms with Crippen molar-refractivity contribution in [3.05, 3.63) is 59.7 Å². The summed E-state index contributed by atoms with van der Waals surface area (Å²) < 4.78 is 26.8. The highest BCUT2D eigenvalue weighted by Gasteiger charge is 2.13. The first-order valence-corrected chi connectivity index (χ1v) is 9.44. The van der Waals surface area contributed by atoms with E-state index in [0.717, 1.165) is 4.90 Å². The fraction of sp³-hybridized carbons (Fsp3) is 0.188. The number of benzene rings is 2. The molecule has 122 valence electrons. The molecule has 0 aliphatic carbocycles. The highest BCUT2D eigenvalue weighted by Crippen LogP contribution is 2.18. The Balaban J connectivity index is 1.88. The largest absolute Gasteiger partial charge is 0.366 e. The maximum atomic E-state index is 12.1. The van der Waals surface area contributed by atoms with Crippen LogP contribution in [0.3, 0.4) is 0 Å². The van der Waals surface area contributed by atoms with Crippen LogP contribution < -0.4 is 10.5 Å². The first-order chi connectivity index (χ1) is 10.9. The molecule has 0 spiro atoms. The number of carbonyl (C=O) groups excluding carboxylic acids is 1. The van der Waals surface area contributed by atoms with Crippen LogP contribution in [-0.4, -0.2) is 26.6 Å². The van der Waals surface area contributed by atoms with E-state index in [1.165, 1.54) is 29.8 Å². The van der Waals surface area contributed by atoms with Crippen LogP contribution in [0, 0.1) is 6.92 Å². The van der Waals surface area contributed by atoms with Gasteiger partial charge in [-0.05, 0) is 43.3 Å². The summed E-state index contributed by atoms with van der Waals surface area (Å²) in [6.07, 6.45) is 0. The van der Waals surface area contributed by atoms with Gasteiger partial charge in [-0.3, -0.25) is 4.79 Å². The van der Waals surface area contributed by atoms with Gasteiger partial charge in [0.25, 0.3) is 0 Å². The third-order valence-corrected chi connectivity index (χ3v) is 5.62. The monoisotopic (exact) mass is 350 g/mol. The van der Waals surface area contributed by atoms with Gasteiger partial charge in [0.1, 0.15) is 0 Å². The van der Waals surface area contributed by atoms with Gasteiger partial charge in [-0.25, -0.2) is 13.1 Å². The van der Waals surface area contributed by atoms with E-state index in [9.17, 15) is 13.2 Å². The number of hydrogen-bond donors (Lipinski definition) is 2. The molecule has 5 nitrogen and oxygen atoms in total. The summed E-state index contributed by atoms with van der Waals surface area (Å²) in [5, 5.41) is 0. The molecular weight excluding hydrogens is 332 g/mol. The Morgan fingerprint density at radius 2 is 1.70 bits per heavy atom. The van der Waals surface area contributed by atoms with Crippen molar-refractivity contribution in [2.45, 2.75) is 16.7 Å². The summed E-state index contributed by atoms with van der Waals surface area (Å²) in [5.74, 6) is 0.0400. The van der Waals surface area contributed by atoms with Crippen molar-refractivity contribution in [2.24, 2.45) is 5.73 Å². The normalized spacial score (nSPS) is 11.3. The van der Waals surface area contributed by atoms with Crippen molar-refractivity contribution in [3.8, 4) is 0 Å². The Labute approximate surface area is 140 Å². The fourth-order valence-corrected chi connectivity index (χ4v) is 3.79. The van der Waals surface area contributed by atoms with Crippen molar-refractivity contribution in [2.75, 3.05) is 12.3 Å². The maximum absolute atomic E-state index is 12.1. The van der Waals surface area contributed by atoms with Crippen LogP contribution in [0.4, 0.5) is 0 Å². The van der Waals surface area contributed by atoms with E-state index in [4.69, 9.17) is 5.73 Å². The van der Waals surface area contributed by atoms with Crippen LogP contribution in [0.25, 0.3) is 0 Å². The number of aryl methyl sites for hydroxylation is 1. The number of hydrogen-bond acceptors (Lipinski definition) is 4. The Morgan fingerprint density at radius 3 is 2.26 bits per heavy atom. The molecule has 1 amide bonds. The lowest BCUT2D eigenvalue weighted by Crippen LogP contribution is -2.26. The molecule has 0 saturated carbocycles. The maximum Gasteiger partial charge on any atom is 0.248 e. The minimum Gasteiger partial charge on any atom is -0.366 e. The van der Waals surface area contributed by atoms with Gasteiger partial charge in [0.15, 0.2) is 0 Å². The third-order valence-electron chi connectivity index (χ3n) is 3.13. The second-order valence-electron chi connectivity index (χ2n) is 4.95. The molecule has 0 radical (unpaired) electrons. The van der Waals surface area contributed by atoms with Crippen molar-refractivity contribution in [1.82, 2.24) is 4.72 Å². The van der Waals surface area contributed by atoms with Crippen molar-refractivity contribution < 1.29 is 13.2 Å². The summed E-state index contributed by atoms with van der Waals surface area (Å²) >= 11 is 1.58. The SMILES string of the molecule is Cc1ccc(SCCNS(=O)(=O)c2ccc(C(N)=O)cc2)cc1. The van der Waals surface area contributed by atoms with Gasteiger partial charge in [-0.15, -0.1) is 11.8 Å². The Kier molecular flexibility index (Phi) is 5.81. The third kappa shape index (κ3) is 5.09. The summed E-state index contributed by atoms with van der Waals surface area (Å²) in [4.78, 5) is 12.2. The Morgan fingerprint density at radius 1 is 1.09 bits per heavy atom. The Hall–Kier alpha value is -1.83. The molecule has 7 heteroatoms. The van der Waals surface area contributed by atoms with Gasteiger partial charge >= 0.3 is 0 Å². The van der Waals surface area contributed by atoms with E-state index in [1.54, 1.807) is 11.8 Å². The number of amides is 1. The molecule has 0 heterocycles. The molecule has 23 heavy (non-hydrogen) atoms. The van der Waals surface area contributed by atoms with E-state index in [-0.39, 0.29) is 10.5 Å². The summed E-state index contributed by atoms with van der Waals surface area (Å²) in [7, 11) is -3.58. The van der Waals surface area contributed by atoms with Crippen LogP contribution in [0.15, 0.2) is 58.3 Å². The average Bonchev–Trinajstić information content (AvgIpc) is 2.53.